The van der Waals surface area contributed by atoms with Crippen molar-refractivity contribution in [2.24, 2.45) is 0 Å². The number of urea groups is 1. The summed E-state index contributed by atoms with van der Waals surface area (Å²) in [6.45, 7) is 3.14. The van der Waals surface area contributed by atoms with Gasteiger partial charge >= 0.3 is 12.1 Å². The number of aromatic nitrogens is 1. The molecule has 0 spiro atoms. The summed E-state index contributed by atoms with van der Waals surface area (Å²) in [4.78, 5) is 27.8. The number of amides is 3. The van der Waals surface area contributed by atoms with Crippen LogP contribution in [0.4, 0.5) is 18.4 Å². The fourth-order valence-electron chi connectivity index (χ4n) is 3.11. The average Bonchev–Trinajstić information content (AvgIpc) is 3.25. The molecule has 168 valence electrons. The molecule has 1 aromatic carbocycles. The maximum absolute atomic E-state index is 14.9. The van der Waals surface area contributed by atoms with Gasteiger partial charge in [0.2, 0.25) is 0 Å². The number of pyridine rings is 1. The first-order valence-corrected chi connectivity index (χ1v) is 10.7. The van der Waals surface area contributed by atoms with Gasteiger partial charge in [-0.05, 0) is 49.1 Å². The van der Waals surface area contributed by atoms with Gasteiger partial charge in [0.05, 0.1) is 11.7 Å². The normalized spacial score (nSPS) is 11.7. The summed E-state index contributed by atoms with van der Waals surface area (Å²) in [7, 11) is 0. The number of carbonyl (C=O) groups is 2. The third kappa shape index (κ3) is 5.14. The number of carboxylic acid groups (broad SMARTS) is 1. The Hall–Kier alpha value is -3.24. The Morgan fingerprint density at radius 2 is 2.03 bits per heavy atom. The van der Waals surface area contributed by atoms with Crippen molar-refractivity contribution < 1.29 is 23.5 Å². The van der Waals surface area contributed by atoms with E-state index in [-0.39, 0.29) is 22.8 Å². The fraction of sp³-hybridized carbons (Fsp3) is 0.190. The summed E-state index contributed by atoms with van der Waals surface area (Å²) in [6.07, 6.45) is -0.0327. The number of hydrazine groups is 1. The molecule has 2 heterocycles. The number of rotatable bonds is 5. The molecule has 0 radical (unpaired) electrons. The first-order chi connectivity index (χ1) is 15.2. The molecule has 0 aliphatic heterocycles. The van der Waals surface area contributed by atoms with Gasteiger partial charge in [-0.25, -0.2) is 28.8 Å². The van der Waals surface area contributed by atoms with E-state index < -0.39 is 29.8 Å². The summed E-state index contributed by atoms with van der Waals surface area (Å²) in [5.41, 5.74) is 2.87. The number of hydrogen-bond acceptors (Lipinski definition) is 4. The molecule has 11 heteroatoms. The summed E-state index contributed by atoms with van der Waals surface area (Å²) >= 11 is 7.38. The second-order valence-electron chi connectivity index (χ2n) is 6.71. The van der Waals surface area contributed by atoms with Crippen LogP contribution in [-0.2, 0) is 0 Å². The van der Waals surface area contributed by atoms with E-state index in [2.05, 4.69) is 10.3 Å². The van der Waals surface area contributed by atoms with Gasteiger partial charge in [0.25, 0.3) is 0 Å². The maximum Gasteiger partial charge on any atom is 0.423 e. The highest BCUT2D eigenvalue weighted by Gasteiger charge is 2.22. The first-order valence-electron chi connectivity index (χ1n) is 9.47. The van der Waals surface area contributed by atoms with E-state index in [4.69, 9.17) is 16.7 Å². The molecule has 7 nitrogen and oxygen atoms in total. The average molecular weight is 481 g/mol. The van der Waals surface area contributed by atoms with Gasteiger partial charge in [0.1, 0.15) is 11.6 Å². The Kier molecular flexibility index (Phi) is 7.26. The Balaban J connectivity index is 1.91. The van der Waals surface area contributed by atoms with Gasteiger partial charge in [-0.2, -0.15) is 0 Å². The van der Waals surface area contributed by atoms with Crippen molar-refractivity contribution in [1.29, 1.82) is 0 Å². The zero-order valence-electron chi connectivity index (χ0n) is 17.0. The minimum absolute atomic E-state index is 0.0610. The van der Waals surface area contributed by atoms with E-state index in [9.17, 15) is 18.4 Å². The van der Waals surface area contributed by atoms with Crippen molar-refractivity contribution in [3.63, 3.8) is 0 Å². The van der Waals surface area contributed by atoms with E-state index in [0.29, 0.717) is 16.0 Å². The molecule has 0 aliphatic rings. The lowest BCUT2D eigenvalue weighted by atomic mass is 9.98. The smallest absolute Gasteiger partial charge is 0.423 e. The summed E-state index contributed by atoms with van der Waals surface area (Å²) in [6, 6.07) is 5.83. The lowest BCUT2D eigenvalue weighted by molar-refractivity contribution is 0.143. The highest BCUT2D eigenvalue weighted by molar-refractivity contribution is 7.13. The number of carbonyl (C=O) groups excluding carboxylic acids is 1. The number of nitrogens with zero attached hydrogens (tertiary/aromatic N) is 2. The first kappa shape index (κ1) is 23.4. The van der Waals surface area contributed by atoms with E-state index in [1.165, 1.54) is 42.7 Å². The van der Waals surface area contributed by atoms with Crippen LogP contribution in [0.15, 0.2) is 41.9 Å². The minimum atomic E-state index is -1.40. The zero-order chi connectivity index (χ0) is 23.4. The van der Waals surface area contributed by atoms with Crippen molar-refractivity contribution in [3.05, 3.63) is 64.3 Å². The molecule has 1 unspecified atom stereocenters. The van der Waals surface area contributed by atoms with Crippen LogP contribution < -0.4 is 10.7 Å². The van der Waals surface area contributed by atoms with Crippen molar-refractivity contribution in [2.75, 3.05) is 6.54 Å². The molecule has 3 rings (SSSR count). The number of hydrogen-bond donors (Lipinski definition) is 3. The summed E-state index contributed by atoms with van der Waals surface area (Å²) < 4.78 is 29.7. The van der Waals surface area contributed by atoms with Crippen molar-refractivity contribution >= 4 is 35.1 Å². The lowest BCUT2D eigenvalue weighted by Crippen LogP contribution is -2.50. The van der Waals surface area contributed by atoms with Crippen LogP contribution in [0.3, 0.4) is 0 Å². The number of nitrogens with one attached hydrogen (secondary N) is 2. The van der Waals surface area contributed by atoms with Gasteiger partial charge in [0, 0.05) is 33.8 Å². The standard InChI is InChI=1S/C21H19ClF2N4O3S/c1-3-28(27-21(30)31)20(29)26-11(2)19-16(24)7-12(10-25-19)14-8-13(22)9-15(23)18(14)17-5-4-6-32-17/h4-11,27H,3H2,1-2H3,(H,26,29)(H,30,31). The molecular formula is C21H19ClF2N4O3S. The molecule has 0 aliphatic carbocycles. The topological polar surface area (TPSA) is 94.6 Å². The van der Waals surface area contributed by atoms with Crippen LogP contribution in [0.1, 0.15) is 25.6 Å². The van der Waals surface area contributed by atoms with Crippen LogP contribution in [0.5, 0.6) is 0 Å². The van der Waals surface area contributed by atoms with Crippen molar-refractivity contribution in [2.45, 2.75) is 19.9 Å². The molecule has 0 saturated carbocycles. The molecule has 1 atom stereocenters. The van der Waals surface area contributed by atoms with Crippen LogP contribution in [0, 0.1) is 11.6 Å². The Morgan fingerprint density at radius 3 is 2.62 bits per heavy atom. The second-order valence-corrected chi connectivity index (χ2v) is 8.10. The molecule has 2 aromatic heterocycles. The van der Waals surface area contributed by atoms with Crippen LogP contribution in [0.2, 0.25) is 5.02 Å². The van der Waals surface area contributed by atoms with Gasteiger partial charge in [-0.1, -0.05) is 17.7 Å². The maximum atomic E-state index is 14.9. The zero-order valence-corrected chi connectivity index (χ0v) is 18.6. The Morgan fingerprint density at radius 1 is 1.28 bits per heavy atom. The second kappa shape index (κ2) is 9.92. The van der Waals surface area contributed by atoms with E-state index in [1.807, 2.05) is 5.43 Å². The van der Waals surface area contributed by atoms with Gasteiger partial charge in [0.15, 0.2) is 0 Å². The highest BCUT2D eigenvalue weighted by atomic mass is 35.5. The fourth-order valence-corrected chi connectivity index (χ4v) is 4.10. The van der Waals surface area contributed by atoms with E-state index >= 15 is 0 Å². The molecule has 3 amide bonds. The number of thiophene rings is 1. The number of benzene rings is 1. The third-order valence-electron chi connectivity index (χ3n) is 4.55. The van der Waals surface area contributed by atoms with Crippen LogP contribution in [-0.4, -0.2) is 33.8 Å². The van der Waals surface area contributed by atoms with E-state index in [1.54, 1.807) is 24.4 Å². The summed E-state index contributed by atoms with van der Waals surface area (Å²) in [5, 5.41) is 14.1. The molecule has 3 aromatic rings. The quantitative estimate of drug-likeness (QED) is 0.409. The molecule has 3 N–H and O–H groups in total. The number of halogens is 3. The predicted molar refractivity (Wildman–Crippen MR) is 118 cm³/mol. The highest BCUT2D eigenvalue weighted by Crippen LogP contribution is 2.39. The third-order valence-corrected chi connectivity index (χ3v) is 5.65. The van der Waals surface area contributed by atoms with Crippen molar-refractivity contribution in [3.8, 4) is 21.6 Å². The SMILES string of the molecule is CCN(NC(=O)O)C(=O)NC(C)c1ncc(-c2cc(Cl)cc(F)c2-c2cccs2)cc1F. The van der Waals surface area contributed by atoms with Gasteiger partial charge in [-0.3, -0.25) is 4.98 Å². The van der Waals surface area contributed by atoms with Crippen molar-refractivity contribution in [1.82, 2.24) is 20.7 Å². The van der Waals surface area contributed by atoms with E-state index in [0.717, 1.165) is 5.01 Å². The lowest BCUT2D eigenvalue weighted by Gasteiger charge is -2.23. The van der Waals surface area contributed by atoms with Crippen LogP contribution in [0.25, 0.3) is 21.6 Å². The summed E-state index contributed by atoms with van der Waals surface area (Å²) in [5.74, 6) is -1.26. The molecule has 0 bridgehead atoms. The molecule has 32 heavy (non-hydrogen) atoms. The largest absolute Gasteiger partial charge is 0.464 e. The van der Waals surface area contributed by atoms with Gasteiger partial charge in [-0.15, -0.1) is 11.3 Å². The predicted octanol–water partition coefficient (Wildman–Crippen LogP) is 5.68. The molecule has 0 fully saturated rings. The Labute approximate surface area is 191 Å². The van der Waals surface area contributed by atoms with Gasteiger partial charge < -0.3 is 10.4 Å². The van der Waals surface area contributed by atoms with Crippen LogP contribution >= 0.6 is 22.9 Å². The monoisotopic (exact) mass is 480 g/mol. The minimum Gasteiger partial charge on any atom is -0.464 e. The Bertz CT molecular complexity index is 1140. The molecular weight excluding hydrogens is 462 g/mol. The molecule has 0 saturated heterocycles.